The van der Waals surface area contributed by atoms with E-state index in [0.717, 1.165) is 75.5 Å². The maximum atomic E-state index is 12.7. The fourth-order valence-electron chi connectivity index (χ4n) is 8.08. The average Bonchev–Trinajstić information content (AvgIpc) is 3.22. The first-order chi connectivity index (χ1) is 29.1. The van der Waals surface area contributed by atoms with Gasteiger partial charge in [-0.1, -0.05) is 253 Å². The van der Waals surface area contributed by atoms with Crippen LogP contribution < -0.4 is 0 Å². The number of unbranched alkanes of at least 4 members (excludes halogenated alkanes) is 29. The Morgan fingerprint density at radius 2 is 0.583 bits per heavy atom. The van der Waals surface area contributed by atoms with Gasteiger partial charge in [0.05, 0.1) is 0 Å². The van der Waals surface area contributed by atoms with Crippen LogP contribution in [0, 0.1) is 17.8 Å². The minimum Gasteiger partial charge on any atom is -0.462 e. The zero-order valence-corrected chi connectivity index (χ0v) is 41.3. The van der Waals surface area contributed by atoms with Crippen LogP contribution in [0.4, 0.5) is 0 Å². The molecule has 0 spiro atoms. The van der Waals surface area contributed by atoms with E-state index >= 15 is 0 Å². The molecular weight excluding hydrogens is 745 g/mol. The normalized spacial score (nSPS) is 12.6. The highest BCUT2D eigenvalue weighted by molar-refractivity contribution is 5.71. The molecule has 0 rings (SSSR count). The van der Waals surface area contributed by atoms with Gasteiger partial charge >= 0.3 is 17.9 Å². The highest BCUT2D eigenvalue weighted by Crippen LogP contribution is 2.18. The number of esters is 3. The maximum Gasteiger partial charge on any atom is 0.306 e. The summed E-state index contributed by atoms with van der Waals surface area (Å²) in [4.78, 5) is 37.9. The lowest BCUT2D eigenvalue weighted by atomic mass is 9.99. The summed E-state index contributed by atoms with van der Waals surface area (Å²) in [5, 5.41) is 0. The van der Waals surface area contributed by atoms with Crippen molar-refractivity contribution in [1.29, 1.82) is 0 Å². The van der Waals surface area contributed by atoms with E-state index in [0.29, 0.717) is 19.3 Å². The zero-order chi connectivity index (χ0) is 44.2. The van der Waals surface area contributed by atoms with Crippen LogP contribution >= 0.6 is 0 Å². The van der Waals surface area contributed by atoms with Crippen LogP contribution in [0.2, 0.25) is 0 Å². The molecule has 0 radical (unpaired) electrons. The Morgan fingerprint density at radius 3 is 0.867 bits per heavy atom. The fraction of sp³-hybridized carbons (Fsp3) is 0.944. The summed E-state index contributed by atoms with van der Waals surface area (Å²) in [7, 11) is 0. The van der Waals surface area contributed by atoms with Gasteiger partial charge in [-0.3, -0.25) is 14.4 Å². The monoisotopic (exact) mass is 849 g/mol. The van der Waals surface area contributed by atoms with E-state index in [2.05, 4.69) is 41.5 Å². The van der Waals surface area contributed by atoms with Gasteiger partial charge in [-0.25, -0.2) is 0 Å². The molecule has 0 aliphatic carbocycles. The Kier molecular flexibility index (Phi) is 44.2. The lowest BCUT2D eigenvalue weighted by Gasteiger charge is -2.18. The lowest BCUT2D eigenvalue weighted by Crippen LogP contribution is -2.30. The minimum atomic E-state index is -0.763. The second-order valence-corrected chi connectivity index (χ2v) is 19.7. The molecule has 0 aliphatic heterocycles. The van der Waals surface area contributed by atoms with Gasteiger partial charge < -0.3 is 14.2 Å². The Bertz CT molecular complexity index is 931. The topological polar surface area (TPSA) is 78.9 Å². The summed E-state index contributed by atoms with van der Waals surface area (Å²) in [6, 6.07) is 0. The molecular formula is C54H104O6. The molecule has 0 saturated carbocycles. The number of ether oxygens (including phenoxy) is 3. The molecule has 2 atom stereocenters. The summed E-state index contributed by atoms with van der Waals surface area (Å²) in [5.74, 6) is 1.62. The van der Waals surface area contributed by atoms with E-state index in [9.17, 15) is 14.4 Å². The maximum absolute atomic E-state index is 12.7. The predicted octanol–water partition coefficient (Wildman–Crippen LogP) is 17.2. The van der Waals surface area contributed by atoms with Gasteiger partial charge in [0.15, 0.2) is 6.10 Å². The molecule has 0 aromatic rings. The molecule has 0 saturated heterocycles. The smallest absolute Gasteiger partial charge is 0.306 e. The first-order valence-corrected chi connectivity index (χ1v) is 26.6. The molecule has 6 heteroatoms. The van der Waals surface area contributed by atoms with Crippen molar-refractivity contribution in [2.45, 2.75) is 298 Å². The van der Waals surface area contributed by atoms with E-state index in [4.69, 9.17) is 14.2 Å². The van der Waals surface area contributed by atoms with Crippen molar-refractivity contribution in [2.75, 3.05) is 13.2 Å². The summed E-state index contributed by atoms with van der Waals surface area (Å²) < 4.78 is 16.8. The standard InChI is InChI=1S/C54H104O6/c1-7-50(6)42-36-30-23-19-16-17-21-25-32-38-44-53(56)59-47-51(60-54(57)45-39-33-27-26-29-35-41-49(4)5)46-58-52(55)43-37-31-24-20-15-13-11-9-8-10-12-14-18-22-28-34-40-48(2)3/h48-51H,7-47H2,1-6H3/t50?,51-/m1/s1. The van der Waals surface area contributed by atoms with Crippen LogP contribution in [0.1, 0.15) is 292 Å². The third-order valence-electron chi connectivity index (χ3n) is 12.5. The van der Waals surface area contributed by atoms with Gasteiger partial charge in [0.1, 0.15) is 13.2 Å². The van der Waals surface area contributed by atoms with Crippen molar-refractivity contribution in [2.24, 2.45) is 17.8 Å². The lowest BCUT2D eigenvalue weighted by molar-refractivity contribution is -0.167. The molecule has 0 aromatic carbocycles. The van der Waals surface area contributed by atoms with Crippen molar-refractivity contribution in [3.63, 3.8) is 0 Å². The third-order valence-corrected chi connectivity index (χ3v) is 12.5. The molecule has 0 bridgehead atoms. The van der Waals surface area contributed by atoms with E-state index in [-0.39, 0.29) is 31.1 Å². The quantitative estimate of drug-likeness (QED) is 0.0345. The van der Waals surface area contributed by atoms with Crippen molar-refractivity contribution in [3.8, 4) is 0 Å². The summed E-state index contributed by atoms with van der Waals surface area (Å²) in [6.45, 7) is 13.7. The molecule has 6 nitrogen and oxygen atoms in total. The van der Waals surface area contributed by atoms with Gasteiger partial charge in [0.25, 0.3) is 0 Å². The van der Waals surface area contributed by atoms with Gasteiger partial charge in [0, 0.05) is 19.3 Å². The van der Waals surface area contributed by atoms with Crippen LogP contribution in [-0.4, -0.2) is 37.2 Å². The van der Waals surface area contributed by atoms with Crippen molar-refractivity contribution >= 4 is 17.9 Å². The average molecular weight is 849 g/mol. The first-order valence-electron chi connectivity index (χ1n) is 26.6. The van der Waals surface area contributed by atoms with Gasteiger partial charge in [0.2, 0.25) is 0 Å². The number of carbonyl (C=O) groups is 3. The summed E-state index contributed by atoms with van der Waals surface area (Å²) in [6.07, 6.45) is 45.3. The Balaban J connectivity index is 4.22. The summed E-state index contributed by atoms with van der Waals surface area (Å²) in [5.41, 5.74) is 0. The molecule has 60 heavy (non-hydrogen) atoms. The molecule has 0 aromatic heterocycles. The van der Waals surface area contributed by atoms with Crippen LogP contribution in [0.5, 0.6) is 0 Å². The van der Waals surface area contributed by atoms with Gasteiger partial charge in [-0.05, 0) is 37.0 Å². The highest BCUT2D eigenvalue weighted by atomic mass is 16.6. The third kappa shape index (κ3) is 45.9. The number of hydrogen-bond donors (Lipinski definition) is 0. The number of carbonyl (C=O) groups excluding carboxylic acids is 3. The van der Waals surface area contributed by atoms with Crippen LogP contribution in [0.15, 0.2) is 0 Å². The van der Waals surface area contributed by atoms with Crippen LogP contribution in [-0.2, 0) is 28.6 Å². The highest BCUT2D eigenvalue weighted by Gasteiger charge is 2.19. The van der Waals surface area contributed by atoms with E-state index in [1.54, 1.807) is 0 Å². The van der Waals surface area contributed by atoms with E-state index in [1.807, 2.05) is 0 Å². The van der Waals surface area contributed by atoms with Gasteiger partial charge in [-0.15, -0.1) is 0 Å². The second kappa shape index (κ2) is 45.4. The Labute approximate surface area is 374 Å². The molecule has 0 aliphatic rings. The molecule has 0 N–H and O–H groups in total. The molecule has 0 fully saturated rings. The van der Waals surface area contributed by atoms with Crippen molar-refractivity contribution in [3.05, 3.63) is 0 Å². The van der Waals surface area contributed by atoms with E-state index < -0.39 is 6.10 Å². The largest absolute Gasteiger partial charge is 0.462 e. The second-order valence-electron chi connectivity index (χ2n) is 19.7. The molecule has 0 heterocycles. The summed E-state index contributed by atoms with van der Waals surface area (Å²) >= 11 is 0. The predicted molar refractivity (Wildman–Crippen MR) is 256 cm³/mol. The SMILES string of the molecule is CCC(C)CCCCCCCCCCCCC(=O)OC[C@@H](COC(=O)CCCCCCCCCCCCCCCCCCC(C)C)OC(=O)CCCCCCCCC(C)C. The fourth-order valence-corrected chi connectivity index (χ4v) is 8.08. The van der Waals surface area contributed by atoms with Crippen molar-refractivity contribution in [1.82, 2.24) is 0 Å². The Hall–Kier alpha value is -1.59. The minimum absolute atomic E-state index is 0.0655. The van der Waals surface area contributed by atoms with Crippen LogP contribution in [0.3, 0.4) is 0 Å². The molecule has 356 valence electrons. The first kappa shape index (κ1) is 58.4. The van der Waals surface area contributed by atoms with Crippen LogP contribution in [0.25, 0.3) is 0 Å². The van der Waals surface area contributed by atoms with Crippen molar-refractivity contribution < 1.29 is 28.6 Å². The zero-order valence-electron chi connectivity index (χ0n) is 41.3. The number of hydrogen-bond acceptors (Lipinski definition) is 6. The number of rotatable bonds is 47. The van der Waals surface area contributed by atoms with E-state index in [1.165, 1.54) is 173 Å². The molecule has 0 amide bonds. The Morgan fingerprint density at radius 1 is 0.333 bits per heavy atom. The van der Waals surface area contributed by atoms with Gasteiger partial charge in [-0.2, -0.15) is 0 Å². The molecule has 1 unspecified atom stereocenters.